The third-order valence-electron chi connectivity index (χ3n) is 0.109. The maximum Gasteiger partial charge on any atom is 0.321 e. The van der Waals surface area contributed by atoms with Gasteiger partial charge in [0.1, 0.15) is 11.9 Å². The highest BCUT2D eigenvalue weighted by Gasteiger charge is 1.79. The Morgan fingerprint density at radius 1 is 1.83 bits per heavy atom. The van der Waals surface area contributed by atoms with Crippen LogP contribution in [0, 0.1) is 0 Å². The number of hydrogen-bond acceptors (Lipinski definition) is 2. The molecule has 0 aliphatic rings. The Balaban J connectivity index is 0. The minimum Gasteiger partial charge on any atom is -0.348 e. The van der Waals surface area contributed by atoms with Crippen LogP contribution in [0.2, 0.25) is 0 Å². The lowest BCUT2D eigenvalue weighted by Crippen LogP contribution is -1.82. The van der Waals surface area contributed by atoms with Crippen molar-refractivity contribution in [2.45, 2.75) is 6.92 Å². The molecule has 0 radical (unpaired) electrons. The van der Waals surface area contributed by atoms with E-state index in [0.717, 1.165) is 0 Å². The van der Waals surface area contributed by atoms with Crippen LogP contribution < -0.4 is 0 Å². The van der Waals surface area contributed by atoms with Crippen LogP contribution in [0.1, 0.15) is 6.92 Å². The zero-order valence-corrected chi connectivity index (χ0v) is 3.45. The summed E-state index contributed by atoms with van der Waals surface area (Å²) in [4.78, 5) is 9.46. The molecule has 2 nitrogen and oxygen atoms in total. The van der Waals surface area contributed by atoms with Gasteiger partial charge in [-0.15, -0.1) is 0 Å². The fourth-order valence-corrected chi connectivity index (χ4v) is 0. The molecule has 0 aromatic heterocycles. The molecule has 0 heterocycles. The smallest absolute Gasteiger partial charge is 0.321 e. The van der Waals surface area contributed by atoms with Crippen LogP contribution in [-0.4, -0.2) is 29.0 Å². The fourth-order valence-electron chi connectivity index (χ4n) is 0. The summed E-state index contributed by atoms with van der Waals surface area (Å²) in [5.41, 5.74) is 0. The van der Waals surface area contributed by atoms with E-state index in [1.54, 1.807) is 0 Å². The zero-order valence-electron chi connectivity index (χ0n) is 2.69. The first kappa shape index (κ1) is 9.73. The van der Waals surface area contributed by atoms with E-state index in [-0.39, 0.29) is 23.1 Å². The van der Waals surface area contributed by atoms with Gasteiger partial charge in [-0.05, 0) is 0 Å². The molecular weight excluding hydrogens is 116 g/mol. The first-order chi connectivity index (χ1) is 2.27. The molecule has 0 aromatic carbocycles. The van der Waals surface area contributed by atoms with Crippen molar-refractivity contribution in [2.24, 2.45) is 0 Å². The number of carbonyl (C=O) groups is 1. The number of halogens is 1. The Morgan fingerprint density at radius 2 is 2.00 bits per heavy atom. The van der Waals surface area contributed by atoms with Crippen LogP contribution >= 0.6 is 11.9 Å². The largest absolute Gasteiger partial charge is 0.348 e. The van der Waals surface area contributed by atoms with Crippen molar-refractivity contribution in [1.29, 1.82) is 0 Å². The highest BCUT2D eigenvalue weighted by molar-refractivity contribution is 6.12. The van der Waals surface area contributed by atoms with Gasteiger partial charge >= 0.3 is 29.0 Å². The second kappa shape index (κ2) is 5.53. The van der Waals surface area contributed by atoms with Crippen molar-refractivity contribution < 1.29 is 9.08 Å². The molecule has 0 aliphatic heterocycles. The van der Waals surface area contributed by atoms with E-state index in [2.05, 4.69) is 16.2 Å². The quantitative estimate of drug-likeness (QED) is 0.414. The van der Waals surface area contributed by atoms with Crippen LogP contribution in [0.15, 0.2) is 0 Å². The van der Waals surface area contributed by atoms with Crippen LogP contribution in [0.25, 0.3) is 0 Å². The van der Waals surface area contributed by atoms with E-state index >= 15 is 0 Å². The Labute approximate surface area is 57.1 Å². The van der Waals surface area contributed by atoms with Crippen LogP contribution in [0.3, 0.4) is 0 Å². The SMILES string of the molecule is CC(=O)OCl.[MgH2]. The number of carbonyl (C=O) groups excluding carboxylic acids is 1. The molecule has 0 rings (SSSR count). The Kier molecular flexibility index (Phi) is 8.96. The van der Waals surface area contributed by atoms with Crippen molar-refractivity contribution >= 4 is 40.9 Å². The van der Waals surface area contributed by atoms with Crippen molar-refractivity contribution in [3.05, 3.63) is 0 Å². The van der Waals surface area contributed by atoms with Gasteiger partial charge in [-0.2, -0.15) is 0 Å². The van der Waals surface area contributed by atoms with Crippen LogP contribution in [-0.2, 0) is 9.08 Å². The lowest BCUT2D eigenvalue weighted by Gasteiger charge is -1.74. The Hall–Kier alpha value is 0.526. The van der Waals surface area contributed by atoms with E-state index in [4.69, 9.17) is 0 Å². The predicted octanol–water partition coefficient (Wildman–Crippen LogP) is -0.213. The average molecular weight is 121 g/mol. The van der Waals surface area contributed by atoms with Gasteiger partial charge in [0, 0.05) is 6.92 Å². The lowest BCUT2D eigenvalue weighted by molar-refractivity contribution is -0.131. The summed E-state index contributed by atoms with van der Waals surface area (Å²) < 4.78 is 3.58. The molecule has 34 valence electrons. The van der Waals surface area contributed by atoms with Gasteiger partial charge in [0.15, 0.2) is 0 Å². The molecule has 0 aromatic rings. The Morgan fingerprint density at radius 3 is 2.00 bits per heavy atom. The van der Waals surface area contributed by atoms with Crippen molar-refractivity contribution in [3.63, 3.8) is 0 Å². The summed E-state index contributed by atoms with van der Waals surface area (Å²) in [5.74, 6) is -0.480. The van der Waals surface area contributed by atoms with Crippen molar-refractivity contribution in [3.8, 4) is 0 Å². The molecule has 0 amide bonds. The van der Waals surface area contributed by atoms with E-state index in [1.807, 2.05) is 0 Å². The maximum absolute atomic E-state index is 9.46. The molecule has 0 spiro atoms. The first-order valence-corrected chi connectivity index (χ1v) is 1.37. The number of rotatable bonds is 0. The topological polar surface area (TPSA) is 26.3 Å². The minimum absolute atomic E-state index is 0. The third kappa shape index (κ3) is 8.82. The molecule has 0 N–H and O–H groups in total. The zero-order chi connectivity index (χ0) is 4.28. The average Bonchev–Trinajstić information content (AvgIpc) is 1.38. The van der Waals surface area contributed by atoms with Gasteiger partial charge in [0.25, 0.3) is 0 Å². The predicted molar refractivity (Wildman–Crippen MR) is 26.2 cm³/mol. The highest BCUT2D eigenvalue weighted by atomic mass is 35.5. The van der Waals surface area contributed by atoms with E-state index in [0.29, 0.717) is 0 Å². The second-order valence-corrected chi connectivity index (χ2v) is 0.723. The van der Waals surface area contributed by atoms with Crippen molar-refractivity contribution in [2.75, 3.05) is 0 Å². The molecule has 0 bridgehead atoms. The van der Waals surface area contributed by atoms with Gasteiger partial charge in [0.05, 0.1) is 0 Å². The Bertz CT molecular complexity index is 46.8. The van der Waals surface area contributed by atoms with Gasteiger partial charge in [-0.3, -0.25) is 4.79 Å². The minimum atomic E-state index is -0.480. The van der Waals surface area contributed by atoms with E-state index < -0.39 is 5.97 Å². The summed E-state index contributed by atoms with van der Waals surface area (Å²) in [6.45, 7) is 1.23. The molecule has 4 heteroatoms. The molecule has 0 unspecified atom stereocenters. The normalized spacial score (nSPS) is 5.67. The number of hydrogen-bond donors (Lipinski definition) is 0. The fraction of sp³-hybridized carbons (Fsp3) is 0.500. The first-order valence-electron chi connectivity index (χ1n) is 1.06. The molecule has 0 saturated heterocycles. The summed E-state index contributed by atoms with van der Waals surface area (Å²) in [6.07, 6.45) is 0. The van der Waals surface area contributed by atoms with Gasteiger partial charge in [-0.25, -0.2) is 0 Å². The second-order valence-electron chi connectivity index (χ2n) is 0.569. The molecule has 0 aliphatic carbocycles. The van der Waals surface area contributed by atoms with Crippen LogP contribution in [0.5, 0.6) is 0 Å². The van der Waals surface area contributed by atoms with Crippen LogP contribution in [0.4, 0.5) is 0 Å². The summed E-state index contributed by atoms with van der Waals surface area (Å²) in [7, 11) is 0. The van der Waals surface area contributed by atoms with Gasteiger partial charge in [0.2, 0.25) is 0 Å². The molecule has 0 fully saturated rings. The highest BCUT2D eigenvalue weighted by Crippen LogP contribution is 1.75. The summed E-state index contributed by atoms with van der Waals surface area (Å²) in [6, 6.07) is 0. The third-order valence-corrected chi connectivity index (χ3v) is 0.326. The lowest BCUT2D eigenvalue weighted by atomic mass is 10.9. The van der Waals surface area contributed by atoms with E-state index in [9.17, 15) is 4.79 Å². The summed E-state index contributed by atoms with van der Waals surface area (Å²) >= 11 is 4.49. The molecular formula is C2H5ClMgO2. The standard InChI is InChI=1S/C2H3ClO2.Mg.2H/c1-2(4)5-3;;;/h1H3;;;. The molecule has 6 heavy (non-hydrogen) atoms. The van der Waals surface area contributed by atoms with Crippen molar-refractivity contribution in [1.82, 2.24) is 0 Å². The maximum atomic E-state index is 9.46. The van der Waals surface area contributed by atoms with Gasteiger partial charge < -0.3 is 4.29 Å². The molecule has 0 saturated carbocycles. The summed E-state index contributed by atoms with van der Waals surface area (Å²) in [5, 5.41) is 0. The van der Waals surface area contributed by atoms with E-state index in [1.165, 1.54) is 6.92 Å². The monoisotopic (exact) mass is 120 g/mol. The molecule has 0 atom stereocenters. The van der Waals surface area contributed by atoms with Gasteiger partial charge in [-0.1, -0.05) is 0 Å².